The van der Waals surface area contributed by atoms with Crippen LogP contribution in [-0.2, 0) is 4.74 Å². The number of carbonyl (C=O) groups is 1. The summed E-state index contributed by atoms with van der Waals surface area (Å²) in [5.74, 6) is -2.92. The largest absolute Gasteiger partial charge is 0.465 e. The number of aromatic amines is 1. The van der Waals surface area contributed by atoms with Gasteiger partial charge in [0.25, 0.3) is 0 Å². The maximum atomic E-state index is 13.6. The van der Waals surface area contributed by atoms with Crippen molar-refractivity contribution in [3.05, 3.63) is 47.7 Å². The van der Waals surface area contributed by atoms with Crippen LogP contribution in [-0.4, -0.2) is 18.1 Å². The minimum atomic E-state index is -1.03. The number of hydrogen-bond acceptors (Lipinski definition) is 2. The molecule has 1 N–H and O–H groups in total. The molecule has 0 radical (unpaired) electrons. The van der Waals surface area contributed by atoms with E-state index in [1.165, 1.54) is 0 Å². The minimum Gasteiger partial charge on any atom is -0.465 e. The van der Waals surface area contributed by atoms with Gasteiger partial charge >= 0.3 is 5.97 Å². The number of nitrogens with one attached hydrogen (secondary N) is 1. The molecule has 0 unspecified atom stereocenters. The lowest BCUT2D eigenvalue weighted by atomic mass is 10.1. The second-order valence-electron chi connectivity index (χ2n) is 3.39. The zero-order valence-electron chi connectivity index (χ0n) is 8.96. The third kappa shape index (κ3) is 2.04. The predicted octanol–water partition coefficient (Wildman–Crippen LogP) is 2.75. The summed E-state index contributed by atoms with van der Waals surface area (Å²) in [5, 5.41) is 0. The summed E-state index contributed by atoms with van der Waals surface area (Å²) in [7, 11) is 1.07. The molecule has 3 nitrogen and oxygen atoms in total. The zero-order valence-corrected chi connectivity index (χ0v) is 8.96. The summed E-state index contributed by atoms with van der Waals surface area (Å²) in [5.41, 5.74) is 0.222. The van der Waals surface area contributed by atoms with Crippen molar-refractivity contribution < 1.29 is 18.3 Å². The Kier molecular flexibility index (Phi) is 2.91. The molecule has 0 amide bonds. The highest BCUT2D eigenvalue weighted by Crippen LogP contribution is 2.23. The normalized spacial score (nSPS) is 10.3. The molecule has 0 bridgehead atoms. The lowest BCUT2D eigenvalue weighted by Crippen LogP contribution is -2.08. The topological polar surface area (TPSA) is 42.1 Å². The van der Waals surface area contributed by atoms with Gasteiger partial charge in [0.05, 0.1) is 7.11 Å². The first-order valence-electron chi connectivity index (χ1n) is 4.84. The van der Waals surface area contributed by atoms with E-state index in [2.05, 4.69) is 9.72 Å². The third-order valence-corrected chi connectivity index (χ3v) is 2.34. The highest BCUT2D eigenvalue weighted by molar-refractivity contribution is 5.90. The average Bonchev–Trinajstić information content (AvgIpc) is 2.81. The number of ether oxygens (including phenoxy) is 1. The van der Waals surface area contributed by atoms with E-state index in [0.717, 1.165) is 19.2 Å². The first-order chi connectivity index (χ1) is 8.13. The fraction of sp³-hybridized carbons (Fsp3) is 0.0833. The summed E-state index contributed by atoms with van der Waals surface area (Å²) in [6.07, 6.45) is 1.64. The van der Waals surface area contributed by atoms with Crippen molar-refractivity contribution in [2.45, 2.75) is 0 Å². The van der Waals surface area contributed by atoms with Crippen molar-refractivity contribution in [3.8, 4) is 11.3 Å². The summed E-state index contributed by atoms with van der Waals surface area (Å²) < 4.78 is 31.5. The standard InChI is InChI=1S/C12H9F2NO2/c1-17-12(16)11-8(13)5-7(6-9(11)14)10-3-2-4-15-10/h2-6,15H,1H3. The van der Waals surface area contributed by atoms with Crippen LogP contribution in [0, 0.1) is 11.6 Å². The Morgan fingerprint density at radius 2 is 1.94 bits per heavy atom. The van der Waals surface area contributed by atoms with E-state index in [9.17, 15) is 13.6 Å². The number of hydrogen-bond donors (Lipinski definition) is 1. The molecule has 2 rings (SSSR count). The molecule has 0 aliphatic rings. The van der Waals surface area contributed by atoms with Crippen molar-refractivity contribution >= 4 is 5.97 Å². The van der Waals surface area contributed by atoms with Crippen LogP contribution in [0.2, 0.25) is 0 Å². The molecule has 0 saturated carbocycles. The van der Waals surface area contributed by atoms with Crippen LogP contribution in [0.1, 0.15) is 10.4 Å². The van der Waals surface area contributed by atoms with E-state index in [4.69, 9.17) is 0 Å². The first-order valence-corrected chi connectivity index (χ1v) is 4.84. The fourth-order valence-corrected chi connectivity index (χ4v) is 1.54. The van der Waals surface area contributed by atoms with Crippen molar-refractivity contribution in [1.82, 2.24) is 4.98 Å². The monoisotopic (exact) mass is 237 g/mol. The van der Waals surface area contributed by atoms with E-state index in [1.807, 2.05) is 0 Å². The fourth-order valence-electron chi connectivity index (χ4n) is 1.54. The molecular weight excluding hydrogens is 228 g/mol. The highest BCUT2D eigenvalue weighted by atomic mass is 19.1. The number of benzene rings is 1. The van der Waals surface area contributed by atoms with Gasteiger partial charge < -0.3 is 9.72 Å². The molecule has 0 spiro atoms. The van der Waals surface area contributed by atoms with Gasteiger partial charge in [-0.05, 0) is 24.3 Å². The van der Waals surface area contributed by atoms with Crippen molar-refractivity contribution in [1.29, 1.82) is 0 Å². The van der Waals surface area contributed by atoms with Crippen LogP contribution in [0.15, 0.2) is 30.5 Å². The lowest BCUT2D eigenvalue weighted by Gasteiger charge is -2.05. The molecule has 1 aromatic carbocycles. The zero-order chi connectivity index (χ0) is 12.4. The summed E-state index contributed by atoms with van der Waals surface area (Å²) in [6.45, 7) is 0. The van der Waals surface area contributed by atoms with E-state index in [1.54, 1.807) is 18.3 Å². The molecule has 0 saturated heterocycles. The molecule has 17 heavy (non-hydrogen) atoms. The summed E-state index contributed by atoms with van der Waals surface area (Å²) >= 11 is 0. The van der Waals surface area contributed by atoms with Crippen LogP contribution < -0.4 is 0 Å². The number of H-pyrrole nitrogens is 1. The number of carbonyl (C=O) groups excluding carboxylic acids is 1. The molecule has 0 aliphatic carbocycles. The van der Waals surface area contributed by atoms with E-state index in [-0.39, 0.29) is 0 Å². The van der Waals surface area contributed by atoms with Gasteiger partial charge in [-0.25, -0.2) is 13.6 Å². The summed E-state index contributed by atoms with van der Waals surface area (Å²) in [6, 6.07) is 5.55. The van der Waals surface area contributed by atoms with E-state index >= 15 is 0 Å². The molecule has 0 fully saturated rings. The summed E-state index contributed by atoms with van der Waals surface area (Å²) in [4.78, 5) is 14.0. The smallest absolute Gasteiger partial charge is 0.343 e. The molecule has 0 aliphatic heterocycles. The molecular formula is C12H9F2NO2. The van der Waals surface area contributed by atoms with Crippen LogP contribution in [0.5, 0.6) is 0 Å². The van der Waals surface area contributed by atoms with Crippen LogP contribution in [0.25, 0.3) is 11.3 Å². The van der Waals surface area contributed by atoms with Gasteiger partial charge in [0.1, 0.15) is 17.2 Å². The Hall–Kier alpha value is -2.17. The Labute approximate surface area is 96.0 Å². The van der Waals surface area contributed by atoms with E-state index in [0.29, 0.717) is 11.3 Å². The van der Waals surface area contributed by atoms with Crippen LogP contribution >= 0.6 is 0 Å². The Bertz CT molecular complexity index is 527. The third-order valence-electron chi connectivity index (χ3n) is 2.34. The average molecular weight is 237 g/mol. The van der Waals surface area contributed by atoms with E-state index < -0.39 is 23.2 Å². The quantitative estimate of drug-likeness (QED) is 0.816. The Morgan fingerprint density at radius 1 is 1.29 bits per heavy atom. The first kappa shape index (κ1) is 11.3. The van der Waals surface area contributed by atoms with Gasteiger partial charge in [0, 0.05) is 17.5 Å². The number of methoxy groups -OCH3 is 1. The molecule has 2 aromatic rings. The second kappa shape index (κ2) is 4.37. The van der Waals surface area contributed by atoms with Gasteiger partial charge in [-0.15, -0.1) is 0 Å². The minimum absolute atomic E-state index is 0.331. The van der Waals surface area contributed by atoms with Gasteiger partial charge in [-0.3, -0.25) is 0 Å². The van der Waals surface area contributed by atoms with Crippen molar-refractivity contribution in [2.75, 3.05) is 7.11 Å². The maximum Gasteiger partial charge on any atom is 0.343 e. The predicted molar refractivity (Wildman–Crippen MR) is 57.5 cm³/mol. The number of aromatic nitrogens is 1. The van der Waals surface area contributed by atoms with Gasteiger partial charge in [-0.1, -0.05) is 0 Å². The van der Waals surface area contributed by atoms with Crippen LogP contribution in [0.4, 0.5) is 8.78 Å². The molecule has 88 valence electrons. The van der Waals surface area contributed by atoms with Gasteiger partial charge in [-0.2, -0.15) is 0 Å². The van der Waals surface area contributed by atoms with Gasteiger partial charge in [0.15, 0.2) is 0 Å². The maximum absolute atomic E-state index is 13.6. The number of rotatable bonds is 2. The second-order valence-corrected chi connectivity index (χ2v) is 3.39. The Morgan fingerprint density at radius 3 is 2.41 bits per heavy atom. The number of esters is 1. The van der Waals surface area contributed by atoms with Gasteiger partial charge in [0.2, 0.25) is 0 Å². The Balaban J connectivity index is 2.53. The van der Waals surface area contributed by atoms with Crippen LogP contribution in [0.3, 0.4) is 0 Å². The molecule has 5 heteroatoms. The van der Waals surface area contributed by atoms with Crippen molar-refractivity contribution in [3.63, 3.8) is 0 Å². The van der Waals surface area contributed by atoms with Crippen molar-refractivity contribution in [2.24, 2.45) is 0 Å². The SMILES string of the molecule is COC(=O)c1c(F)cc(-c2ccc[nH]2)cc1F. The highest BCUT2D eigenvalue weighted by Gasteiger charge is 2.19. The molecule has 0 atom stereocenters. The number of halogens is 2. The lowest BCUT2D eigenvalue weighted by molar-refractivity contribution is 0.0590. The molecule has 1 aromatic heterocycles. The molecule has 1 heterocycles.